The van der Waals surface area contributed by atoms with Crippen molar-refractivity contribution in [2.75, 3.05) is 13.2 Å². The van der Waals surface area contributed by atoms with Crippen molar-refractivity contribution in [3.05, 3.63) is 34.7 Å². The van der Waals surface area contributed by atoms with E-state index in [-0.39, 0.29) is 6.10 Å². The van der Waals surface area contributed by atoms with Gasteiger partial charge in [0.1, 0.15) is 11.9 Å². The summed E-state index contributed by atoms with van der Waals surface area (Å²) in [4.78, 5) is 2.69. The zero-order chi connectivity index (χ0) is 9.80. The average molecular weight is 191 g/mol. The summed E-state index contributed by atoms with van der Waals surface area (Å²) in [6, 6.07) is 6.99. The fourth-order valence-corrected chi connectivity index (χ4v) is 1.12. The first kappa shape index (κ1) is 8.87. The molecule has 0 unspecified atom stereocenters. The lowest BCUT2D eigenvalue weighted by atomic mass is 10.3. The molecule has 1 aliphatic rings. The lowest BCUT2D eigenvalue weighted by molar-refractivity contribution is -0.0796. The molecule has 1 aromatic rings. The molecule has 1 saturated heterocycles. The number of nitrogens with zero attached hydrogens (tertiary/aromatic N) is 3. The van der Waals surface area contributed by atoms with Crippen LogP contribution in [0.2, 0.25) is 0 Å². The topological polar surface area (TPSA) is 67.2 Å². The minimum Gasteiger partial charge on any atom is -0.486 e. The summed E-state index contributed by atoms with van der Waals surface area (Å²) in [7, 11) is 0. The standard InChI is InChI=1S/C9H9N3O2/c10-12-11-7-1-3-8(4-2-7)14-9-5-13-6-9/h1-4,9H,5-6H2. The van der Waals surface area contributed by atoms with Crippen molar-refractivity contribution in [2.45, 2.75) is 6.10 Å². The van der Waals surface area contributed by atoms with E-state index in [2.05, 4.69) is 10.0 Å². The molecule has 0 radical (unpaired) electrons. The van der Waals surface area contributed by atoms with Gasteiger partial charge in [0.2, 0.25) is 0 Å². The van der Waals surface area contributed by atoms with E-state index in [4.69, 9.17) is 15.0 Å². The largest absolute Gasteiger partial charge is 0.486 e. The highest BCUT2D eigenvalue weighted by atomic mass is 16.6. The van der Waals surface area contributed by atoms with Gasteiger partial charge in [-0.25, -0.2) is 0 Å². The molecule has 0 N–H and O–H groups in total. The first-order chi connectivity index (χ1) is 6.88. The zero-order valence-corrected chi connectivity index (χ0v) is 7.46. The maximum atomic E-state index is 8.19. The summed E-state index contributed by atoms with van der Waals surface area (Å²) in [5.41, 5.74) is 8.78. The first-order valence-electron chi connectivity index (χ1n) is 4.28. The van der Waals surface area contributed by atoms with Gasteiger partial charge in [0.05, 0.1) is 13.2 Å². The first-order valence-corrected chi connectivity index (χ1v) is 4.28. The summed E-state index contributed by atoms with van der Waals surface area (Å²) >= 11 is 0. The number of ether oxygens (including phenoxy) is 2. The third-order valence-electron chi connectivity index (χ3n) is 1.91. The highest BCUT2D eigenvalue weighted by Gasteiger charge is 2.19. The van der Waals surface area contributed by atoms with Crippen LogP contribution < -0.4 is 4.74 Å². The predicted molar refractivity (Wildman–Crippen MR) is 50.5 cm³/mol. The van der Waals surface area contributed by atoms with Crippen molar-refractivity contribution < 1.29 is 9.47 Å². The van der Waals surface area contributed by atoms with Crippen LogP contribution in [0.15, 0.2) is 29.4 Å². The van der Waals surface area contributed by atoms with E-state index in [1.807, 2.05) is 0 Å². The Kier molecular flexibility index (Phi) is 2.53. The summed E-state index contributed by atoms with van der Waals surface area (Å²) < 4.78 is 10.5. The normalized spacial score (nSPS) is 15.4. The molecule has 5 nitrogen and oxygen atoms in total. The second-order valence-corrected chi connectivity index (χ2v) is 2.96. The minimum atomic E-state index is 0.167. The van der Waals surface area contributed by atoms with Crippen LogP contribution in [0.4, 0.5) is 5.69 Å². The third-order valence-corrected chi connectivity index (χ3v) is 1.91. The van der Waals surface area contributed by atoms with Gasteiger partial charge >= 0.3 is 0 Å². The van der Waals surface area contributed by atoms with Gasteiger partial charge in [-0.05, 0) is 29.8 Å². The van der Waals surface area contributed by atoms with Gasteiger partial charge in [0, 0.05) is 10.6 Å². The van der Waals surface area contributed by atoms with Crippen LogP contribution >= 0.6 is 0 Å². The van der Waals surface area contributed by atoms with Gasteiger partial charge in [-0.3, -0.25) is 0 Å². The number of azide groups is 1. The van der Waals surface area contributed by atoms with Gasteiger partial charge < -0.3 is 9.47 Å². The van der Waals surface area contributed by atoms with Crippen LogP contribution in [0.1, 0.15) is 0 Å². The second-order valence-electron chi connectivity index (χ2n) is 2.96. The van der Waals surface area contributed by atoms with E-state index in [1.54, 1.807) is 24.3 Å². The maximum absolute atomic E-state index is 8.19. The number of benzene rings is 1. The summed E-state index contributed by atoms with van der Waals surface area (Å²) in [6.07, 6.45) is 0.167. The lowest BCUT2D eigenvalue weighted by Crippen LogP contribution is -2.38. The smallest absolute Gasteiger partial charge is 0.145 e. The molecule has 0 saturated carbocycles. The van der Waals surface area contributed by atoms with Crippen molar-refractivity contribution in [2.24, 2.45) is 5.11 Å². The molecule has 1 aromatic carbocycles. The lowest BCUT2D eigenvalue weighted by Gasteiger charge is -2.26. The van der Waals surface area contributed by atoms with Crippen LogP contribution in [0.25, 0.3) is 10.4 Å². The highest BCUT2D eigenvalue weighted by Crippen LogP contribution is 2.20. The third kappa shape index (κ3) is 1.96. The Morgan fingerprint density at radius 3 is 2.57 bits per heavy atom. The van der Waals surface area contributed by atoms with Crippen molar-refractivity contribution in [1.82, 2.24) is 0 Å². The number of hydrogen-bond donors (Lipinski definition) is 0. The Morgan fingerprint density at radius 1 is 1.36 bits per heavy atom. The fraction of sp³-hybridized carbons (Fsp3) is 0.333. The van der Waals surface area contributed by atoms with Crippen LogP contribution in [0, 0.1) is 0 Å². The van der Waals surface area contributed by atoms with Crippen molar-refractivity contribution in [3.8, 4) is 5.75 Å². The summed E-state index contributed by atoms with van der Waals surface area (Å²) in [5.74, 6) is 0.773. The molecule has 0 bridgehead atoms. The molecule has 1 fully saturated rings. The van der Waals surface area contributed by atoms with Crippen molar-refractivity contribution in [1.29, 1.82) is 0 Å². The van der Waals surface area contributed by atoms with Gasteiger partial charge in [-0.15, -0.1) is 0 Å². The second kappa shape index (κ2) is 4.00. The van der Waals surface area contributed by atoms with Gasteiger partial charge in [-0.2, -0.15) is 0 Å². The zero-order valence-electron chi connectivity index (χ0n) is 7.46. The minimum absolute atomic E-state index is 0.167. The summed E-state index contributed by atoms with van der Waals surface area (Å²) in [6.45, 7) is 1.30. The molecule has 0 amide bonds. The number of hydrogen-bond acceptors (Lipinski definition) is 3. The molecule has 5 heteroatoms. The molecular formula is C9H9N3O2. The Balaban J connectivity index is 2.01. The van der Waals surface area contributed by atoms with Crippen molar-refractivity contribution in [3.63, 3.8) is 0 Å². The molecule has 14 heavy (non-hydrogen) atoms. The molecule has 0 aliphatic carbocycles. The van der Waals surface area contributed by atoms with Crippen molar-refractivity contribution >= 4 is 5.69 Å². The Hall–Kier alpha value is -1.71. The monoisotopic (exact) mass is 191 g/mol. The van der Waals surface area contributed by atoms with Gasteiger partial charge in [-0.1, -0.05) is 5.11 Å². The van der Waals surface area contributed by atoms with Crippen LogP contribution in [0.5, 0.6) is 5.75 Å². The molecule has 1 aliphatic heterocycles. The Labute approximate surface area is 80.9 Å². The SMILES string of the molecule is [N-]=[N+]=Nc1ccc(OC2COC2)cc1. The quantitative estimate of drug-likeness (QED) is 0.418. The Morgan fingerprint density at radius 2 is 2.07 bits per heavy atom. The fourth-order valence-electron chi connectivity index (χ4n) is 1.12. The highest BCUT2D eigenvalue weighted by molar-refractivity contribution is 5.41. The predicted octanol–water partition coefficient (Wildman–Crippen LogP) is 2.41. The average Bonchev–Trinajstić information content (AvgIpc) is 2.14. The van der Waals surface area contributed by atoms with E-state index in [9.17, 15) is 0 Å². The molecule has 72 valence electrons. The molecule has 0 spiro atoms. The van der Waals surface area contributed by atoms with Crippen LogP contribution in [-0.4, -0.2) is 19.3 Å². The van der Waals surface area contributed by atoms with E-state index < -0.39 is 0 Å². The van der Waals surface area contributed by atoms with E-state index in [0.717, 1.165) is 5.75 Å². The maximum Gasteiger partial charge on any atom is 0.145 e. The molecule has 0 aromatic heterocycles. The number of rotatable bonds is 3. The molecule has 2 rings (SSSR count). The van der Waals surface area contributed by atoms with E-state index >= 15 is 0 Å². The summed E-state index contributed by atoms with van der Waals surface area (Å²) in [5, 5.41) is 3.46. The Bertz CT molecular complexity index is 353. The molecule has 0 atom stereocenters. The van der Waals surface area contributed by atoms with Gasteiger partial charge in [0.25, 0.3) is 0 Å². The van der Waals surface area contributed by atoms with Crippen LogP contribution in [0.3, 0.4) is 0 Å². The molecule has 1 heterocycles. The van der Waals surface area contributed by atoms with E-state index in [0.29, 0.717) is 18.9 Å². The van der Waals surface area contributed by atoms with Crippen LogP contribution in [-0.2, 0) is 4.74 Å². The molecular weight excluding hydrogens is 182 g/mol. The van der Waals surface area contributed by atoms with Gasteiger partial charge in [0.15, 0.2) is 0 Å². The van der Waals surface area contributed by atoms with E-state index in [1.165, 1.54) is 0 Å².